The van der Waals surface area contributed by atoms with E-state index in [4.69, 9.17) is 10.6 Å². The molecule has 0 radical (unpaired) electrons. The Morgan fingerprint density at radius 2 is 2.11 bits per heavy atom. The van der Waals surface area contributed by atoms with E-state index >= 15 is 0 Å². The predicted molar refractivity (Wildman–Crippen MR) is 75.3 cm³/mol. The molecule has 5 nitrogen and oxygen atoms in total. The fraction of sp³-hybridized carbons (Fsp3) is 0.923. The molecular formula is C13H28N4O. The lowest BCUT2D eigenvalue weighted by atomic mass is 9.95. The highest BCUT2D eigenvalue weighted by Gasteiger charge is 2.19. The van der Waals surface area contributed by atoms with Crippen LogP contribution in [0, 0.1) is 5.92 Å². The Bertz CT molecular complexity index is 237. The van der Waals surface area contributed by atoms with Crippen molar-refractivity contribution in [2.24, 2.45) is 16.8 Å². The van der Waals surface area contributed by atoms with E-state index in [-0.39, 0.29) is 0 Å². The molecule has 1 aliphatic rings. The van der Waals surface area contributed by atoms with E-state index in [1.807, 2.05) is 6.92 Å². The van der Waals surface area contributed by atoms with Gasteiger partial charge in [0.15, 0.2) is 0 Å². The smallest absolute Gasteiger partial charge is 0.208 e. The van der Waals surface area contributed by atoms with Crippen molar-refractivity contribution in [1.29, 1.82) is 0 Å². The quantitative estimate of drug-likeness (QED) is 0.248. The van der Waals surface area contributed by atoms with Crippen LogP contribution in [0.5, 0.6) is 0 Å². The van der Waals surface area contributed by atoms with Crippen molar-refractivity contribution in [3.8, 4) is 0 Å². The zero-order valence-electron chi connectivity index (χ0n) is 11.8. The van der Waals surface area contributed by atoms with Crippen LogP contribution in [-0.4, -0.2) is 43.7 Å². The Morgan fingerprint density at radius 1 is 1.39 bits per heavy atom. The molecule has 1 saturated heterocycles. The van der Waals surface area contributed by atoms with Crippen LogP contribution < -0.4 is 11.3 Å². The minimum atomic E-state index is 0.771. The molecule has 0 bridgehead atoms. The van der Waals surface area contributed by atoms with Gasteiger partial charge in [-0.15, -0.1) is 0 Å². The number of piperidine rings is 1. The molecular weight excluding hydrogens is 228 g/mol. The molecule has 0 aromatic rings. The number of aliphatic imine (C=N–C) groups is 1. The third kappa shape index (κ3) is 5.23. The number of guanidine groups is 1. The number of likely N-dealkylation sites (tertiary alicyclic amines) is 1. The van der Waals surface area contributed by atoms with Crippen LogP contribution in [0.2, 0.25) is 0 Å². The molecule has 1 fully saturated rings. The van der Waals surface area contributed by atoms with E-state index in [1.165, 1.54) is 19.3 Å². The number of hydrogen-bond acceptors (Lipinski definition) is 3. The zero-order chi connectivity index (χ0) is 13.2. The fourth-order valence-electron chi connectivity index (χ4n) is 2.29. The second kappa shape index (κ2) is 9.16. The van der Waals surface area contributed by atoms with Crippen molar-refractivity contribution in [2.75, 3.05) is 32.8 Å². The van der Waals surface area contributed by atoms with Crippen molar-refractivity contribution in [2.45, 2.75) is 39.5 Å². The van der Waals surface area contributed by atoms with Crippen LogP contribution in [0.3, 0.4) is 0 Å². The lowest BCUT2D eigenvalue weighted by Crippen LogP contribution is -2.48. The molecule has 0 aliphatic carbocycles. The molecule has 1 aliphatic heterocycles. The van der Waals surface area contributed by atoms with Crippen molar-refractivity contribution in [1.82, 2.24) is 10.3 Å². The molecule has 0 unspecified atom stereocenters. The Hall–Kier alpha value is -0.810. The van der Waals surface area contributed by atoms with Crippen molar-refractivity contribution in [3.63, 3.8) is 0 Å². The van der Waals surface area contributed by atoms with Crippen LogP contribution >= 0.6 is 0 Å². The molecule has 0 atom stereocenters. The van der Waals surface area contributed by atoms with E-state index in [0.29, 0.717) is 0 Å². The minimum absolute atomic E-state index is 0.771. The highest BCUT2D eigenvalue weighted by molar-refractivity contribution is 5.79. The average molecular weight is 256 g/mol. The molecule has 0 aromatic carbocycles. The standard InChI is InChI=1S/C13H28N4O/c1-3-12-6-9-17(10-7-12)13(16-14)15-8-5-11-18-4-2/h12H,3-11,14H2,1-2H3,(H,15,16). The molecule has 5 heteroatoms. The highest BCUT2D eigenvalue weighted by atomic mass is 16.5. The van der Waals surface area contributed by atoms with Crippen LogP contribution in [0.25, 0.3) is 0 Å². The maximum atomic E-state index is 5.56. The molecule has 0 aromatic heterocycles. The summed E-state index contributed by atoms with van der Waals surface area (Å²) in [5.74, 6) is 7.27. The topological polar surface area (TPSA) is 62.9 Å². The number of hydrazine groups is 1. The van der Waals surface area contributed by atoms with Gasteiger partial charge in [0.1, 0.15) is 0 Å². The van der Waals surface area contributed by atoms with Gasteiger partial charge in [0, 0.05) is 32.8 Å². The second-order valence-electron chi connectivity index (χ2n) is 4.74. The normalized spacial score (nSPS) is 18.2. The van der Waals surface area contributed by atoms with E-state index < -0.39 is 0 Å². The van der Waals surface area contributed by atoms with Gasteiger partial charge in [0.05, 0.1) is 0 Å². The fourth-order valence-corrected chi connectivity index (χ4v) is 2.29. The summed E-state index contributed by atoms with van der Waals surface area (Å²) >= 11 is 0. The lowest BCUT2D eigenvalue weighted by molar-refractivity contribution is 0.146. The first-order chi connectivity index (χ1) is 8.81. The van der Waals surface area contributed by atoms with E-state index in [1.54, 1.807) is 0 Å². The highest BCUT2D eigenvalue weighted by Crippen LogP contribution is 2.19. The molecule has 106 valence electrons. The van der Waals surface area contributed by atoms with Crippen molar-refractivity contribution >= 4 is 5.96 Å². The number of ether oxygens (including phenoxy) is 1. The molecule has 3 N–H and O–H groups in total. The van der Waals surface area contributed by atoms with Gasteiger partial charge >= 0.3 is 0 Å². The Morgan fingerprint density at radius 3 is 2.67 bits per heavy atom. The Labute approximate surface area is 111 Å². The maximum absolute atomic E-state index is 5.56. The second-order valence-corrected chi connectivity index (χ2v) is 4.74. The molecule has 1 heterocycles. The minimum Gasteiger partial charge on any atom is -0.382 e. The molecule has 0 amide bonds. The van der Waals surface area contributed by atoms with Crippen LogP contribution in [0.1, 0.15) is 39.5 Å². The van der Waals surface area contributed by atoms with Gasteiger partial charge in [-0.05, 0) is 32.1 Å². The summed E-state index contributed by atoms with van der Waals surface area (Å²) < 4.78 is 5.29. The van der Waals surface area contributed by atoms with E-state index in [0.717, 1.165) is 51.1 Å². The summed E-state index contributed by atoms with van der Waals surface area (Å²) in [4.78, 5) is 6.77. The predicted octanol–water partition coefficient (Wildman–Crippen LogP) is 1.35. The maximum Gasteiger partial charge on any atom is 0.208 e. The summed E-state index contributed by atoms with van der Waals surface area (Å²) in [6.07, 6.45) is 4.72. The number of rotatable bonds is 6. The van der Waals surface area contributed by atoms with Gasteiger partial charge in [-0.3, -0.25) is 10.4 Å². The lowest BCUT2D eigenvalue weighted by Gasteiger charge is -2.33. The monoisotopic (exact) mass is 256 g/mol. The number of nitrogens with two attached hydrogens (primary N) is 1. The average Bonchev–Trinajstić information content (AvgIpc) is 2.43. The third-order valence-corrected chi connectivity index (χ3v) is 3.53. The van der Waals surface area contributed by atoms with Gasteiger partial charge in [-0.25, -0.2) is 5.84 Å². The van der Waals surface area contributed by atoms with E-state index in [2.05, 4.69) is 22.2 Å². The first-order valence-electron chi connectivity index (χ1n) is 7.15. The van der Waals surface area contributed by atoms with Gasteiger partial charge in [-0.2, -0.15) is 0 Å². The summed E-state index contributed by atoms with van der Waals surface area (Å²) in [5, 5.41) is 0. The zero-order valence-corrected chi connectivity index (χ0v) is 11.8. The molecule has 0 spiro atoms. The Kier molecular flexibility index (Phi) is 7.76. The summed E-state index contributed by atoms with van der Waals surface area (Å²) in [7, 11) is 0. The SMILES string of the molecule is CCOCCCN=C(NN)N1CCC(CC)CC1. The van der Waals surface area contributed by atoms with Gasteiger partial charge in [0.2, 0.25) is 5.96 Å². The van der Waals surface area contributed by atoms with Crippen LogP contribution in [0.4, 0.5) is 0 Å². The largest absolute Gasteiger partial charge is 0.382 e. The van der Waals surface area contributed by atoms with Gasteiger partial charge < -0.3 is 9.64 Å². The molecule has 18 heavy (non-hydrogen) atoms. The van der Waals surface area contributed by atoms with Crippen LogP contribution in [0.15, 0.2) is 4.99 Å². The van der Waals surface area contributed by atoms with E-state index in [9.17, 15) is 0 Å². The number of nitrogens with zero attached hydrogens (tertiary/aromatic N) is 2. The summed E-state index contributed by atoms with van der Waals surface area (Å²) in [6.45, 7) is 8.72. The first kappa shape index (κ1) is 15.2. The summed E-state index contributed by atoms with van der Waals surface area (Å²) in [5.41, 5.74) is 2.73. The van der Waals surface area contributed by atoms with Crippen molar-refractivity contribution in [3.05, 3.63) is 0 Å². The molecule has 1 rings (SSSR count). The molecule has 0 saturated carbocycles. The van der Waals surface area contributed by atoms with Gasteiger partial charge in [0.25, 0.3) is 0 Å². The summed E-state index contributed by atoms with van der Waals surface area (Å²) in [6, 6.07) is 0. The van der Waals surface area contributed by atoms with Gasteiger partial charge in [-0.1, -0.05) is 13.3 Å². The first-order valence-corrected chi connectivity index (χ1v) is 7.15. The third-order valence-electron chi connectivity index (χ3n) is 3.53. The Balaban J connectivity index is 2.29. The number of nitrogens with one attached hydrogen (secondary N) is 1. The van der Waals surface area contributed by atoms with Crippen molar-refractivity contribution < 1.29 is 4.74 Å². The number of hydrogen-bond donors (Lipinski definition) is 2. The van der Waals surface area contributed by atoms with Crippen LogP contribution in [-0.2, 0) is 4.74 Å².